The first-order valence-electron chi connectivity index (χ1n) is 5.91. The number of aromatic carboxylic acids is 1. The van der Waals surface area contributed by atoms with Crippen LogP contribution in [0.3, 0.4) is 0 Å². The lowest BCUT2D eigenvalue weighted by Crippen LogP contribution is -2.03. The molecule has 0 fully saturated rings. The molecule has 5 heteroatoms. The third-order valence-corrected chi connectivity index (χ3v) is 4.05. The maximum absolute atomic E-state index is 13.9. The highest BCUT2D eigenvalue weighted by atomic mass is 35.5. The van der Waals surface area contributed by atoms with Gasteiger partial charge >= 0.3 is 5.97 Å². The molecule has 0 amide bonds. The van der Waals surface area contributed by atoms with Gasteiger partial charge in [0.15, 0.2) is 0 Å². The van der Waals surface area contributed by atoms with E-state index >= 15 is 0 Å². The summed E-state index contributed by atoms with van der Waals surface area (Å²) in [5.41, 5.74) is 1.22. The first-order valence-corrected chi connectivity index (χ1v) is 7.44. The Kier molecular flexibility index (Phi) is 5.04. The van der Waals surface area contributed by atoms with E-state index in [1.54, 1.807) is 12.1 Å². The average molecular weight is 311 g/mol. The standard InChI is InChI=1S/C15H12ClFO2S/c16-12-6-4-10(5-7-12)8-20-9-11-2-1-3-13(14(11)17)15(18)19/h1-7H,8-9H2,(H,18,19). The molecule has 2 rings (SSSR count). The fraction of sp³-hybridized carbons (Fsp3) is 0.133. The average Bonchev–Trinajstić information content (AvgIpc) is 2.42. The summed E-state index contributed by atoms with van der Waals surface area (Å²) in [7, 11) is 0. The Labute approximate surface area is 125 Å². The molecule has 0 saturated heterocycles. The van der Waals surface area contributed by atoms with Crippen molar-refractivity contribution >= 4 is 29.3 Å². The summed E-state index contributed by atoms with van der Waals surface area (Å²) >= 11 is 7.32. The molecular weight excluding hydrogens is 299 g/mol. The van der Waals surface area contributed by atoms with E-state index in [2.05, 4.69) is 0 Å². The van der Waals surface area contributed by atoms with Crippen molar-refractivity contribution in [1.29, 1.82) is 0 Å². The monoisotopic (exact) mass is 310 g/mol. The number of carbonyl (C=O) groups is 1. The molecule has 0 aliphatic heterocycles. The SMILES string of the molecule is O=C(O)c1cccc(CSCc2ccc(Cl)cc2)c1F. The van der Waals surface area contributed by atoms with Crippen LogP contribution in [-0.2, 0) is 11.5 Å². The Balaban J connectivity index is 1.99. The summed E-state index contributed by atoms with van der Waals surface area (Å²) in [4.78, 5) is 10.8. The third kappa shape index (κ3) is 3.74. The predicted molar refractivity (Wildman–Crippen MR) is 79.8 cm³/mol. The van der Waals surface area contributed by atoms with Crippen LogP contribution in [0.4, 0.5) is 4.39 Å². The summed E-state index contributed by atoms with van der Waals surface area (Å²) in [5, 5.41) is 9.54. The van der Waals surface area contributed by atoms with Crippen molar-refractivity contribution in [3.8, 4) is 0 Å². The van der Waals surface area contributed by atoms with E-state index in [1.165, 1.54) is 17.8 Å². The second-order valence-corrected chi connectivity index (χ2v) is 5.63. The normalized spacial score (nSPS) is 10.5. The minimum atomic E-state index is -1.24. The lowest BCUT2D eigenvalue weighted by Gasteiger charge is -2.06. The summed E-state index contributed by atoms with van der Waals surface area (Å²) in [6, 6.07) is 11.9. The summed E-state index contributed by atoms with van der Waals surface area (Å²) < 4.78 is 13.9. The Morgan fingerprint density at radius 3 is 2.50 bits per heavy atom. The number of rotatable bonds is 5. The molecule has 0 spiro atoms. The van der Waals surface area contributed by atoms with Crippen LogP contribution >= 0.6 is 23.4 Å². The molecule has 2 aromatic rings. The lowest BCUT2D eigenvalue weighted by molar-refractivity contribution is 0.0691. The Bertz CT molecular complexity index is 614. The van der Waals surface area contributed by atoms with Gasteiger partial charge in [0, 0.05) is 16.5 Å². The highest BCUT2D eigenvalue weighted by Crippen LogP contribution is 2.22. The van der Waals surface area contributed by atoms with Gasteiger partial charge in [0.05, 0.1) is 5.56 Å². The molecule has 1 N–H and O–H groups in total. The van der Waals surface area contributed by atoms with E-state index in [0.717, 1.165) is 5.56 Å². The van der Waals surface area contributed by atoms with Crippen molar-refractivity contribution in [3.05, 3.63) is 70.0 Å². The van der Waals surface area contributed by atoms with Gasteiger partial charge in [-0.15, -0.1) is 0 Å². The number of carboxylic acids is 1. The Morgan fingerprint density at radius 2 is 1.85 bits per heavy atom. The van der Waals surface area contributed by atoms with Crippen molar-refractivity contribution < 1.29 is 14.3 Å². The van der Waals surface area contributed by atoms with Gasteiger partial charge in [0.25, 0.3) is 0 Å². The van der Waals surface area contributed by atoms with Crippen molar-refractivity contribution in [2.45, 2.75) is 11.5 Å². The first-order chi connectivity index (χ1) is 9.58. The van der Waals surface area contributed by atoms with E-state index in [-0.39, 0.29) is 5.56 Å². The smallest absolute Gasteiger partial charge is 0.338 e. The molecule has 0 saturated carbocycles. The van der Waals surface area contributed by atoms with Gasteiger partial charge < -0.3 is 5.11 Å². The van der Waals surface area contributed by atoms with Crippen LogP contribution in [0.5, 0.6) is 0 Å². The van der Waals surface area contributed by atoms with Gasteiger partial charge in [0.2, 0.25) is 0 Å². The lowest BCUT2D eigenvalue weighted by atomic mass is 10.1. The van der Waals surface area contributed by atoms with Gasteiger partial charge in [-0.3, -0.25) is 0 Å². The molecule has 104 valence electrons. The topological polar surface area (TPSA) is 37.3 Å². The minimum absolute atomic E-state index is 0.283. The quantitative estimate of drug-likeness (QED) is 0.876. The highest BCUT2D eigenvalue weighted by Gasteiger charge is 2.13. The molecule has 0 aromatic heterocycles. The largest absolute Gasteiger partial charge is 0.478 e. The van der Waals surface area contributed by atoms with Crippen molar-refractivity contribution in [2.75, 3.05) is 0 Å². The maximum atomic E-state index is 13.9. The zero-order chi connectivity index (χ0) is 14.5. The molecular formula is C15H12ClFO2S. The minimum Gasteiger partial charge on any atom is -0.478 e. The number of halogens is 2. The summed E-state index contributed by atoms with van der Waals surface area (Å²) in [5.74, 6) is -0.751. The molecule has 0 atom stereocenters. The maximum Gasteiger partial charge on any atom is 0.338 e. The van der Waals surface area contributed by atoms with Crippen LogP contribution in [0.15, 0.2) is 42.5 Å². The number of benzene rings is 2. The fourth-order valence-corrected chi connectivity index (χ4v) is 2.81. The molecule has 2 nitrogen and oxygen atoms in total. The van der Waals surface area contributed by atoms with Crippen LogP contribution in [0.2, 0.25) is 5.02 Å². The van der Waals surface area contributed by atoms with Crippen LogP contribution < -0.4 is 0 Å². The van der Waals surface area contributed by atoms with Gasteiger partial charge in [-0.05, 0) is 29.3 Å². The van der Waals surface area contributed by atoms with E-state index in [9.17, 15) is 9.18 Å². The first kappa shape index (κ1) is 14.9. The van der Waals surface area contributed by atoms with Crippen molar-refractivity contribution in [1.82, 2.24) is 0 Å². The van der Waals surface area contributed by atoms with Gasteiger partial charge in [-0.25, -0.2) is 9.18 Å². The van der Waals surface area contributed by atoms with Gasteiger partial charge in [0.1, 0.15) is 5.82 Å². The van der Waals surface area contributed by atoms with Gasteiger partial charge in [-0.1, -0.05) is 35.9 Å². The van der Waals surface area contributed by atoms with Crippen LogP contribution in [-0.4, -0.2) is 11.1 Å². The number of carboxylic acid groups (broad SMARTS) is 1. The second kappa shape index (κ2) is 6.77. The van der Waals surface area contributed by atoms with Crippen molar-refractivity contribution in [2.24, 2.45) is 0 Å². The number of thioether (sulfide) groups is 1. The van der Waals surface area contributed by atoms with Crippen LogP contribution in [0, 0.1) is 5.82 Å². The summed E-state index contributed by atoms with van der Waals surface area (Å²) in [6.45, 7) is 0. The molecule has 0 radical (unpaired) electrons. The number of hydrogen-bond acceptors (Lipinski definition) is 2. The van der Waals surface area contributed by atoms with E-state index in [0.29, 0.717) is 22.1 Å². The molecule has 2 aromatic carbocycles. The van der Waals surface area contributed by atoms with Gasteiger partial charge in [-0.2, -0.15) is 11.8 Å². The van der Waals surface area contributed by atoms with Crippen molar-refractivity contribution in [3.63, 3.8) is 0 Å². The summed E-state index contributed by atoms with van der Waals surface area (Å²) in [6.07, 6.45) is 0. The molecule has 20 heavy (non-hydrogen) atoms. The van der Waals surface area contributed by atoms with Crippen LogP contribution in [0.25, 0.3) is 0 Å². The van der Waals surface area contributed by atoms with E-state index in [4.69, 9.17) is 16.7 Å². The Morgan fingerprint density at radius 1 is 1.15 bits per heavy atom. The molecule has 0 bridgehead atoms. The second-order valence-electron chi connectivity index (χ2n) is 4.20. The van der Waals surface area contributed by atoms with E-state index < -0.39 is 11.8 Å². The zero-order valence-corrected chi connectivity index (χ0v) is 12.0. The molecule has 0 aliphatic carbocycles. The fourth-order valence-electron chi connectivity index (χ4n) is 1.72. The third-order valence-electron chi connectivity index (χ3n) is 2.75. The highest BCUT2D eigenvalue weighted by molar-refractivity contribution is 7.97. The predicted octanol–water partition coefficient (Wildman–Crippen LogP) is 4.61. The molecule has 0 heterocycles. The van der Waals surface area contributed by atoms with Crippen LogP contribution in [0.1, 0.15) is 21.5 Å². The molecule has 0 aliphatic rings. The molecule has 0 unspecified atom stereocenters. The Hall–Kier alpha value is -1.52. The van der Waals surface area contributed by atoms with E-state index in [1.807, 2.05) is 24.3 Å². The number of hydrogen-bond donors (Lipinski definition) is 1. The zero-order valence-electron chi connectivity index (χ0n) is 10.5.